The van der Waals surface area contributed by atoms with Crippen molar-refractivity contribution < 1.29 is 28.9 Å². The van der Waals surface area contributed by atoms with Crippen LogP contribution < -0.4 is 4.74 Å². The van der Waals surface area contributed by atoms with Gasteiger partial charge in [0.25, 0.3) is 11.4 Å². The molecule has 3 aromatic carbocycles. The van der Waals surface area contributed by atoms with E-state index in [9.17, 15) is 29.8 Å². The summed E-state index contributed by atoms with van der Waals surface area (Å²) in [6.07, 6.45) is 0. The minimum Gasteiger partial charge on any atom is -0.462 e. The molecule has 0 bridgehead atoms. The Morgan fingerprint density at radius 2 is 1.53 bits per heavy atom. The second-order valence-electron chi connectivity index (χ2n) is 7.67. The Hall–Kier alpha value is -5.06. The number of para-hydroxylation sites is 1. The van der Waals surface area contributed by atoms with E-state index < -0.39 is 33.2 Å². The fourth-order valence-corrected chi connectivity index (χ4v) is 3.92. The Morgan fingerprint density at radius 3 is 2.11 bits per heavy atom. The van der Waals surface area contributed by atoms with Gasteiger partial charge in [0.15, 0.2) is 0 Å². The van der Waals surface area contributed by atoms with Gasteiger partial charge in [-0.1, -0.05) is 18.2 Å². The van der Waals surface area contributed by atoms with Gasteiger partial charge >= 0.3 is 11.9 Å². The number of nitro benzene ring substituents is 2. The van der Waals surface area contributed by atoms with Crippen molar-refractivity contribution in [2.45, 2.75) is 13.8 Å². The van der Waals surface area contributed by atoms with Crippen LogP contribution in [-0.4, -0.2) is 33.0 Å². The van der Waals surface area contributed by atoms with Crippen LogP contribution in [0.15, 0.2) is 66.7 Å². The fraction of sp³-hybridized carbons (Fsp3) is 0.120. The van der Waals surface area contributed by atoms with E-state index in [4.69, 9.17) is 9.47 Å². The Morgan fingerprint density at radius 1 is 0.889 bits per heavy atom. The maximum absolute atomic E-state index is 12.8. The number of non-ortho nitro benzene ring substituents is 2. The van der Waals surface area contributed by atoms with Crippen molar-refractivity contribution >= 4 is 34.2 Å². The molecule has 0 unspecified atom stereocenters. The quantitative estimate of drug-likeness (QED) is 0.150. The van der Waals surface area contributed by atoms with E-state index in [-0.39, 0.29) is 17.9 Å². The van der Waals surface area contributed by atoms with Gasteiger partial charge in [0.2, 0.25) is 0 Å². The average molecular weight is 489 g/mol. The SMILES string of the molecule is CCOC(=O)c1c(C)n(-c2ccccc2)c2ccc(OC(=O)c3cc([N+](=O)[O-])cc([N+](=O)[O-])c3)cc12. The van der Waals surface area contributed by atoms with Crippen LogP contribution >= 0.6 is 0 Å². The normalized spacial score (nSPS) is 10.7. The van der Waals surface area contributed by atoms with E-state index in [0.717, 1.165) is 23.9 Å². The lowest BCUT2D eigenvalue weighted by Crippen LogP contribution is -2.10. The molecule has 0 aliphatic heterocycles. The summed E-state index contributed by atoms with van der Waals surface area (Å²) >= 11 is 0. The minimum atomic E-state index is -1.03. The zero-order valence-corrected chi connectivity index (χ0v) is 19.2. The number of carbonyl (C=O) groups is 2. The van der Waals surface area contributed by atoms with Crippen LogP contribution in [0, 0.1) is 27.2 Å². The molecule has 11 heteroatoms. The van der Waals surface area contributed by atoms with Crippen molar-refractivity contribution in [2.75, 3.05) is 6.61 Å². The first-order chi connectivity index (χ1) is 17.2. The second-order valence-corrected chi connectivity index (χ2v) is 7.67. The molecule has 0 fully saturated rings. The van der Waals surface area contributed by atoms with Gasteiger partial charge in [-0.3, -0.25) is 20.2 Å². The topological polar surface area (TPSA) is 144 Å². The molecule has 0 N–H and O–H groups in total. The number of esters is 2. The molecule has 1 aromatic heterocycles. The van der Waals surface area contributed by atoms with Gasteiger partial charge < -0.3 is 14.0 Å². The summed E-state index contributed by atoms with van der Waals surface area (Å²) in [4.78, 5) is 46.2. The largest absolute Gasteiger partial charge is 0.462 e. The number of aromatic nitrogens is 1. The van der Waals surface area contributed by atoms with Crippen LogP contribution in [0.1, 0.15) is 33.3 Å². The van der Waals surface area contributed by atoms with E-state index in [1.807, 2.05) is 34.9 Å². The van der Waals surface area contributed by atoms with Gasteiger partial charge in [-0.15, -0.1) is 0 Å². The van der Waals surface area contributed by atoms with Crippen molar-refractivity contribution in [1.82, 2.24) is 4.57 Å². The molecule has 0 aliphatic rings. The summed E-state index contributed by atoms with van der Waals surface area (Å²) in [6, 6.07) is 16.5. The van der Waals surface area contributed by atoms with Gasteiger partial charge in [-0.2, -0.15) is 0 Å². The molecule has 0 atom stereocenters. The Kier molecular flexibility index (Phi) is 6.46. The molecule has 0 amide bonds. The molecule has 4 rings (SSSR count). The van der Waals surface area contributed by atoms with Crippen LogP contribution in [0.5, 0.6) is 5.75 Å². The monoisotopic (exact) mass is 489 g/mol. The lowest BCUT2D eigenvalue weighted by atomic mass is 10.1. The number of benzene rings is 3. The summed E-state index contributed by atoms with van der Waals surface area (Å²) in [7, 11) is 0. The van der Waals surface area contributed by atoms with E-state index >= 15 is 0 Å². The molecule has 4 aromatic rings. The summed E-state index contributed by atoms with van der Waals surface area (Å²) in [5.74, 6) is -1.54. The fourth-order valence-electron chi connectivity index (χ4n) is 3.92. The van der Waals surface area contributed by atoms with Crippen LogP contribution in [0.25, 0.3) is 16.6 Å². The van der Waals surface area contributed by atoms with Crippen LogP contribution in [-0.2, 0) is 4.74 Å². The third kappa shape index (κ3) is 4.49. The van der Waals surface area contributed by atoms with Gasteiger partial charge in [-0.05, 0) is 44.2 Å². The maximum Gasteiger partial charge on any atom is 0.344 e. The molecule has 0 aliphatic carbocycles. The Balaban J connectivity index is 1.80. The molecule has 182 valence electrons. The standard InChI is InChI=1S/C25H19N3O8/c1-3-35-25(30)23-15(2)26(17-7-5-4-6-8-17)22-10-9-20(14-21(22)23)36-24(29)16-11-18(27(31)32)13-19(12-16)28(33)34/h4-14H,3H2,1-2H3. The number of nitro groups is 2. The number of ether oxygens (including phenoxy) is 2. The van der Waals surface area contributed by atoms with Crippen LogP contribution in [0.3, 0.4) is 0 Å². The molecule has 0 saturated carbocycles. The zero-order valence-electron chi connectivity index (χ0n) is 19.2. The first kappa shape index (κ1) is 24.1. The molecular weight excluding hydrogens is 470 g/mol. The first-order valence-electron chi connectivity index (χ1n) is 10.7. The molecular formula is C25H19N3O8. The number of hydrogen-bond acceptors (Lipinski definition) is 8. The first-order valence-corrected chi connectivity index (χ1v) is 10.7. The number of carbonyl (C=O) groups excluding carboxylic acids is 2. The van der Waals surface area contributed by atoms with Crippen molar-refractivity contribution in [3.8, 4) is 11.4 Å². The highest BCUT2D eigenvalue weighted by atomic mass is 16.6. The number of nitrogens with zero attached hydrogens (tertiary/aromatic N) is 3. The molecule has 0 radical (unpaired) electrons. The molecule has 0 spiro atoms. The van der Waals surface area contributed by atoms with Crippen molar-refractivity contribution in [2.24, 2.45) is 0 Å². The zero-order chi connectivity index (χ0) is 26.0. The highest BCUT2D eigenvalue weighted by molar-refractivity contribution is 6.07. The Bertz CT molecular complexity index is 1490. The smallest absolute Gasteiger partial charge is 0.344 e. The third-order valence-corrected chi connectivity index (χ3v) is 5.44. The van der Waals surface area contributed by atoms with Crippen molar-refractivity contribution in [3.63, 3.8) is 0 Å². The average Bonchev–Trinajstić information content (AvgIpc) is 3.15. The highest BCUT2D eigenvalue weighted by Gasteiger charge is 2.24. The van der Waals surface area contributed by atoms with Gasteiger partial charge in [0.1, 0.15) is 5.75 Å². The van der Waals surface area contributed by atoms with Crippen molar-refractivity contribution in [3.05, 3.63) is 104 Å². The molecule has 0 saturated heterocycles. The number of fused-ring (bicyclic) bond motifs is 1. The maximum atomic E-state index is 12.8. The summed E-state index contributed by atoms with van der Waals surface area (Å²) in [6.45, 7) is 3.62. The van der Waals surface area contributed by atoms with Gasteiger partial charge in [0.05, 0.1) is 39.2 Å². The lowest BCUT2D eigenvalue weighted by Gasteiger charge is -2.09. The highest BCUT2D eigenvalue weighted by Crippen LogP contribution is 2.33. The Labute approximate surface area is 203 Å². The molecule has 11 nitrogen and oxygen atoms in total. The van der Waals surface area contributed by atoms with Crippen LogP contribution in [0.2, 0.25) is 0 Å². The lowest BCUT2D eigenvalue weighted by molar-refractivity contribution is -0.394. The van der Waals surface area contributed by atoms with E-state index in [2.05, 4.69) is 0 Å². The molecule has 36 heavy (non-hydrogen) atoms. The van der Waals surface area contributed by atoms with Crippen LogP contribution in [0.4, 0.5) is 11.4 Å². The molecule has 1 heterocycles. The summed E-state index contributed by atoms with van der Waals surface area (Å²) in [5.41, 5.74) is 0.780. The minimum absolute atomic E-state index is 0.0393. The van der Waals surface area contributed by atoms with Gasteiger partial charge in [-0.25, -0.2) is 9.59 Å². The summed E-state index contributed by atoms with van der Waals surface area (Å²) < 4.78 is 12.5. The number of hydrogen-bond donors (Lipinski definition) is 0. The summed E-state index contributed by atoms with van der Waals surface area (Å²) in [5, 5.41) is 22.8. The predicted molar refractivity (Wildman–Crippen MR) is 129 cm³/mol. The van der Waals surface area contributed by atoms with E-state index in [0.29, 0.717) is 22.2 Å². The van der Waals surface area contributed by atoms with Crippen molar-refractivity contribution in [1.29, 1.82) is 0 Å². The van der Waals surface area contributed by atoms with E-state index in [1.54, 1.807) is 19.9 Å². The van der Waals surface area contributed by atoms with E-state index in [1.165, 1.54) is 12.1 Å². The number of rotatable bonds is 7. The predicted octanol–water partition coefficient (Wildman–Crippen LogP) is 5.15. The third-order valence-electron chi connectivity index (χ3n) is 5.44. The van der Waals surface area contributed by atoms with Gasteiger partial charge in [0, 0.05) is 28.9 Å². The second kappa shape index (κ2) is 9.66.